The van der Waals surface area contributed by atoms with Gasteiger partial charge in [0.1, 0.15) is 6.04 Å². The van der Waals surface area contributed by atoms with Gasteiger partial charge >= 0.3 is 0 Å². The number of carbonyl (C=O) groups is 1. The van der Waals surface area contributed by atoms with Crippen LogP contribution in [0.5, 0.6) is 0 Å². The minimum Gasteiger partial charge on any atom is -0.324 e. The van der Waals surface area contributed by atoms with Gasteiger partial charge in [-0.2, -0.15) is 5.26 Å². The predicted molar refractivity (Wildman–Crippen MR) is 107 cm³/mol. The lowest BCUT2D eigenvalue weighted by molar-refractivity contribution is -0.117. The highest BCUT2D eigenvalue weighted by Crippen LogP contribution is 2.26. The van der Waals surface area contributed by atoms with Crippen LogP contribution in [0.2, 0.25) is 5.02 Å². The fraction of sp³-hybridized carbons (Fsp3) is 0.263. The van der Waals surface area contributed by atoms with E-state index in [1.807, 2.05) is 0 Å². The molecule has 0 saturated carbocycles. The lowest BCUT2D eigenvalue weighted by Crippen LogP contribution is -2.47. The normalized spacial score (nSPS) is 12.1. The van der Waals surface area contributed by atoms with Gasteiger partial charge in [-0.15, -0.1) is 0 Å². The zero-order chi connectivity index (χ0) is 20.0. The molecule has 0 aliphatic rings. The lowest BCUT2D eigenvalue weighted by atomic mass is 10.1. The first-order valence-electron chi connectivity index (χ1n) is 8.28. The molecule has 142 valence electrons. The average Bonchev–Trinajstić information content (AvgIpc) is 2.60. The minimum absolute atomic E-state index is 0.276. The summed E-state index contributed by atoms with van der Waals surface area (Å²) in [4.78, 5) is 12.8. The van der Waals surface area contributed by atoms with Crippen LogP contribution in [-0.2, 0) is 21.2 Å². The van der Waals surface area contributed by atoms with Gasteiger partial charge in [-0.05, 0) is 42.3 Å². The first kappa shape index (κ1) is 20.7. The van der Waals surface area contributed by atoms with Gasteiger partial charge in [-0.25, -0.2) is 8.42 Å². The number of hydrogen-bond donors (Lipinski definition) is 1. The summed E-state index contributed by atoms with van der Waals surface area (Å²) >= 11 is 5.99. The van der Waals surface area contributed by atoms with Crippen LogP contribution >= 0.6 is 11.6 Å². The molecule has 0 saturated heterocycles. The molecule has 0 aliphatic heterocycles. The molecule has 27 heavy (non-hydrogen) atoms. The highest BCUT2D eigenvalue weighted by atomic mass is 35.5. The van der Waals surface area contributed by atoms with Gasteiger partial charge < -0.3 is 5.32 Å². The first-order chi connectivity index (χ1) is 12.8. The number of sulfonamides is 1. The molecular weight excluding hydrogens is 386 g/mol. The maximum atomic E-state index is 12.8. The van der Waals surface area contributed by atoms with Crippen molar-refractivity contribution in [2.75, 3.05) is 15.9 Å². The number of halogens is 1. The number of nitrogens with one attached hydrogen (secondary N) is 1. The summed E-state index contributed by atoms with van der Waals surface area (Å²) in [5.74, 6) is -0.448. The molecule has 1 N–H and O–H groups in total. The molecule has 0 unspecified atom stereocenters. The van der Waals surface area contributed by atoms with Crippen LogP contribution in [-0.4, -0.2) is 26.6 Å². The molecule has 0 aromatic heterocycles. The van der Waals surface area contributed by atoms with E-state index in [0.717, 1.165) is 16.1 Å². The third-order valence-electron chi connectivity index (χ3n) is 3.90. The molecule has 0 aliphatic carbocycles. The molecule has 0 radical (unpaired) electrons. The molecule has 0 fully saturated rings. The summed E-state index contributed by atoms with van der Waals surface area (Å²) in [6, 6.07) is 14.3. The number of rotatable bonds is 7. The smallest absolute Gasteiger partial charge is 0.248 e. The van der Waals surface area contributed by atoms with Gasteiger partial charge in [0.05, 0.1) is 24.4 Å². The van der Waals surface area contributed by atoms with Gasteiger partial charge in [0, 0.05) is 10.7 Å². The van der Waals surface area contributed by atoms with Crippen LogP contribution in [0.1, 0.15) is 18.9 Å². The number of nitriles is 1. The second kappa shape index (κ2) is 8.89. The molecule has 1 atom stereocenters. The summed E-state index contributed by atoms with van der Waals surface area (Å²) in [6.07, 6.45) is 1.61. The zero-order valence-corrected chi connectivity index (χ0v) is 16.6. The molecule has 2 rings (SSSR count). The molecule has 0 heterocycles. The third kappa shape index (κ3) is 5.46. The van der Waals surface area contributed by atoms with Crippen molar-refractivity contribution in [1.82, 2.24) is 0 Å². The number of amides is 1. The fourth-order valence-electron chi connectivity index (χ4n) is 2.70. The second-order valence-electron chi connectivity index (χ2n) is 5.98. The van der Waals surface area contributed by atoms with Crippen LogP contribution in [0, 0.1) is 11.3 Å². The van der Waals surface area contributed by atoms with Gasteiger partial charge in [-0.1, -0.05) is 36.7 Å². The van der Waals surface area contributed by atoms with Crippen LogP contribution in [0.4, 0.5) is 11.4 Å². The van der Waals surface area contributed by atoms with Crippen LogP contribution in [0.15, 0.2) is 48.5 Å². The Kier molecular flexibility index (Phi) is 6.83. The molecule has 6 nitrogen and oxygen atoms in total. The molecule has 0 bridgehead atoms. The molecule has 8 heteroatoms. The number of carbonyl (C=O) groups excluding carboxylic acids is 1. The van der Waals surface area contributed by atoms with E-state index in [4.69, 9.17) is 16.9 Å². The highest BCUT2D eigenvalue weighted by Gasteiger charge is 2.31. The molecular formula is C19H20ClN3O3S. The summed E-state index contributed by atoms with van der Waals surface area (Å²) in [5, 5.41) is 11.8. The van der Waals surface area contributed by atoms with E-state index in [1.165, 1.54) is 6.07 Å². The molecule has 2 aromatic rings. The van der Waals surface area contributed by atoms with Crippen molar-refractivity contribution >= 4 is 38.9 Å². The van der Waals surface area contributed by atoms with E-state index in [2.05, 4.69) is 11.4 Å². The summed E-state index contributed by atoms with van der Waals surface area (Å²) in [7, 11) is -3.72. The molecule has 0 spiro atoms. The average molecular weight is 406 g/mol. The standard InChI is InChI=1S/C19H20ClN3O3S/c1-3-18(19(24)22-16-9-7-14(8-10-16)11-12-21)23(27(2,25)26)17-6-4-5-15(20)13-17/h4-10,13,18H,3,11H2,1-2H3,(H,22,24)/t18-/m0/s1. The van der Waals surface area contributed by atoms with Crippen molar-refractivity contribution in [3.05, 3.63) is 59.1 Å². The Bertz CT molecular complexity index is 953. The predicted octanol–water partition coefficient (Wildman–Crippen LogP) is 3.59. The Hall–Kier alpha value is -2.56. The molecule has 2 aromatic carbocycles. The second-order valence-corrected chi connectivity index (χ2v) is 8.28. The fourth-order valence-corrected chi connectivity index (χ4v) is 4.08. The largest absolute Gasteiger partial charge is 0.324 e. The Balaban J connectivity index is 2.30. The Morgan fingerprint density at radius 1 is 1.26 bits per heavy atom. The van der Waals surface area contributed by atoms with Crippen molar-refractivity contribution in [2.45, 2.75) is 25.8 Å². The van der Waals surface area contributed by atoms with Crippen molar-refractivity contribution in [1.29, 1.82) is 5.26 Å². The number of hydrogen-bond acceptors (Lipinski definition) is 4. The van der Waals surface area contributed by atoms with Crippen molar-refractivity contribution in [3.63, 3.8) is 0 Å². The van der Waals surface area contributed by atoms with Crippen LogP contribution in [0.25, 0.3) is 0 Å². The van der Waals surface area contributed by atoms with Gasteiger partial charge in [0.25, 0.3) is 0 Å². The summed E-state index contributed by atoms with van der Waals surface area (Å²) < 4.78 is 25.9. The van der Waals surface area contributed by atoms with Crippen molar-refractivity contribution in [2.24, 2.45) is 0 Å². The number of benzene rings is 2. The van der Waals surface area contributed by atoms with Gasteiger partial charge in [0.15, 0.2) is 0 Å². The van der Waals surface area contributed by atoms with Crippen molar-refractivity contribution in [3.8, 4) is 6.07 Å². The Morgan fingerprint density at radius 2 is 1.93 bits per heavy atom. The van der Waals surface area contributed by atoms with E-state index in [0.29, 0.717) is 16.4 Å². The van der Waals surface area contributed by atoms with Crippen molar-refractivity contribution < 1.29 is 13.2 Å². The van der Waals surface area contributed by atoms with E-state index >= 15 is 0 Å². The van der Waals surface area contributed by atoms with Crippen LogP contribution in [0.3, 0.4) is 0 Å². The highest BCUT2D eigenvalue weighted by molar-refractivity contribution is 7.92. The number of nitrogens with zero attached hydrogens (tertiary/aromatic N) is 2. The first-order valence-corrected chi connectivity index (χ1v) is 10.5. The van der Waals surface area contributed by atoms with E-state index in [9.17, 15) is 13.2 Å². The summed E-state index contributed by atoms with van der Waals surface area (Å²) in [6.45, 7) is 1.74. The quantitative estimate of drug-likeness (QED) is 0.762. The minimum atomic E-state index is -3.72. The van der Waals surface area contributed by atoms with Gasteiger partial charge in [-0.3, -0.25) is 9.10 Å². The topological polar surface area (TPSA) is 90.3 Å². The zero-order valence-electron chi connectivity index (χ0n) is 15.0. The van der Waals surface area contributed by atoms with E-state index < -0.39 is 22.0 Å². The third-order valence-corrected chi connectivity index (χ3v) is 5.31. The number of anilines is 2. The summed E-state index contributed by atoms with van der Waals surface area (Å²) in [5.41, 5.74) is 1.69. The van der Waals surface area contributed by atoms with E-state index in [1.54, 1.807) is 49.4 Å². The van der Waals surface area contributed by atoms with E-state index in [-0.39, 0.29) is 12.8 Å². The monoisotopic (exact) mass is 405 g/mol. The van der Waals surface area contributed by atoms with Crippen LogP contribution < -0.4 is 9.62 Å². The van der Waals surface area contributed by atoms with Gasteiger partial charge in [0.2, 0.25) is 15.9 Å². The Labute approximate surface area is 164 Å². The lowest BCUT2D eigenvalue weighted by Gasteiger charge is -2.30. The maximum Gasteiger partial charge on any atom is 0.248 e. The molecule has 1 amide bonds. The maximum absolute atomic E-state index is 12.8. The Morgan fingerprint density at radius 3 is 2.44 bits per heavy atom. The SMILES string of the molecule is CC[C@@H](C(=O)Nc1ccc(CC#N)cc1)N(c1cccc(Cl)c1)S(C)(=O)=O.